The van der Waals surface area contributed by atoms with Gasteiger partial charge in [-0.05, 0) is 49.8 Å². The molecule has 4 heteroatoms. The Kier molecular flexibility index (Phi) is 5.77. The molecule has 0 radical (unpaired) electrons. The van der Waals surface area contributed by atoms with E-state index in [1.54, 1.807) is 0 Å². The third-order valence-corrected chi connectivity index (χ3v) is 3.56. The Morgan fingerprint density at radius 2 is 2.10 bits per heavy atom. The molecule has 1 fully saturated rings. The van der Waals surface area contributed by atoms with Crippen LogP contribution in [0.2, 0.25) is 0 Å². The predicted molar refractivity (Wildman–Crippen MR) is 83.8 cm³/mol. The number of nitrogens with zero attached hydrogens (tertiary/aromatic N) is 3. The van der Waals surface area contributed by atoms with Gasteiger partial charge in [-0.3, -0.25) is 0 Å². The fourth-order valence-electron chi connectivity index (χ4n) is 2.29. The van der Waals surface area contributed by atoms with E-state index in [9.17, 15) is 0 Å². The molecule has 0 atom stereocenters. The van der Waals surface area contributed by atoms with E-state index >= 15 is 0 Å². The highest BCUT2D eigenvalue weighted by Crippen LogP contribution is 2.30. The largest absolute Gasteiger partial charge is 0.355 e. The zero-order valence-corrected chi connectivity index (χ0v) is 13.1. The number of hydrogen-bond donors (Lipinski definition) is 1. The van der Waals surface area contributed by atoms with Gasteiger partial charge in [0.1, 0.15) is 0 Å². The van der Waals surface area contributed by atoms with Gasteiger partial charge in [-0.1, -0.05) is 20.8 Å². The van der Waals surface area contributed by atoms with E-state index in [0.717, 1.165) is 50.0 Å². The van der Waals surface area contributed by atoms with E-state index in [1.165, 1.54) is 12.8 Å². The van der Waals surface area contributed by atoms with Crippen molar-refractivity contribution in [1.82, 2.24) is 15.5 Å². The molecule has 1 aromatic heterocycles. The van der Waals surface area contributed by atoms with Crippen LogP contribution >= 0.6 is 0 Å². The molecule has 0 amide bonds. The van der Waals surface area contributed by atoms with Crippen molar-refractivity contribution < 1.29 is 0 Å². The monoisotopic (exact) mass is 276 g/mol. The van der Waals surface area contributed by atoms with Crippen molar-refractivity contribution >= 4 is 5.82 Å². The summed E-state index contributed by atoms with van der Waals surface area (Å²) in [7, 11) is 0. The Morgan fingerprint density at radius 3 is 2.65 bits per heavy atom. The molecule has 1 aliphatic carbocycles. The van der Waals surface area contributed by atoms with Crippen molar-refractivity contribution in [3.63, 3.8) is 0 Å². The molecule has 1 heterocycles. The maximum absolute atomic E-state index is 4.41. The first-order valence-corrected chi connectivity index (χ1v) is 7.97. The van der Waals surface area contributed by atoms with Crippen LogP contribution in [0.15, 0.2) is 12.1 Å². The third-order valence-electron chi connectivity index (χ3n) is 3.56. The number of hydrogen-bond acceptors (Lipinski definition) is 4. The molecule has 1 saturated carbocycles. The Labute approximate surface area is 123 Å². The van der Waals surface area contributed by atoms with E-state index in [4.69, 9.17) is 0 Å². The van der Waals surface area contributed by atoms with Crippen LogP contribution in [0.5, 0.6) is 0 Å². The van der Waals surface area contributed by atoms with E-state index in [2.05, 4.69) is 53.3 Å². The quantitative estimate of drug-likeness (QED) is 0.753. The fourth-order valence-corrected chi connectivity index (χ4v) is 2.29. The highest BCUT2D eigenvalue weighted by atomic mass is 15.3. The smallest absolute Gasteiger partial charge is 0.151 e. The molecule has 0 saturated heterocycles. The van der Waals surface area contributed by atoms with Gasteiger partial charge in [-0.15, -0.1) is 5.10 Å². The van der Waals surface area contributed by atoms with Crippen molar-refractivity contribution in [2.45, 2.75) is 46.6 Å². The average molecular weight is 276 g/mol. The number of anilines is 1. The van der Waals surface area contributed by atoms with Crippen molar-refractivity contribution in [3.05, 3.63) is 17.8 Å². The van der Waals surface area contributed by atoms with Gasteiger partial charge in [0.15, 0.2) is 5.82 Å². The molecule has 0 unspecified atom stereocenters. The fraction of sp³-hybridized carbons (Fsp3) is 0.750. The van der Waals surface area contributed by atoms with E-state index in [1.807, 2.05) is 0 Å². The highest BCUT2D eigenvalue weighted by molar-refractivity contribution is 5.37. The Morgan fingerprint density at radius 1 is 1.30 bits per heavy atom. The van der Waals surface area contributed by atoms with Gasteiger partial charge >= 0.3 is 0 Å². The molecule has 1 aromatic rings. The molecule has 1 N–H and O–H groups in total. The van der Waals surface area contributed by atoms with Gasteiger partial charge in [0.2, 0.25) is 0 Å². The summed E-state index contributed by atoms with van der Waals surface area (Å²) in [5.74, 6) is 2.59. The van der Waals surface area contributed by atoms with Crippen molar-refractivity contribution in [3.8, 4) is 0 Å². The third kappa shape index (κ3) is 5.08. The van der Waals surface area contributed by atoms with Crippen LogP contribution in [-0.2, 0) is 6.54 Å². The number of aromatic nitrogens is 2. The highest BCUT2D eigenvalue weighted by Gasteiger charge is 2.24. The van der Waals surface area contributed by atoms with E-state index < -0.39 is 0 Å². The Bertz CT molecular complexity index is 384. The van der Waals surface area contributed by atoms with E-state index in [-0.39, 0.29) is 0 Å². The maximum atomic E-state index is 4.41. The first kappa shape index (κ1) is 15.2. The zero-order valence-electron chi connectivity index (χ0n) is 13.1. The lowest BCUT2D eigenvalue weighted by Crippen LogP contribution is -2.28. The first-order chi connectivity index (χ1) is 9.69. The molecule has 20 heavy (non-hydrogen) atoms. The lowest BCUT2D eigenvalue weighted by atomic mass is 10.2. The van der Waals surface area contributed by atoms with Gasteiger partial charge in [-0.25, -0.2) is 0 Å². The standard InChI is InChI=1S/C16H28N4/c1-4-9-20(12-14-5-6-14)16-8-7-15(18-19-16)11-17-10-13(2)3/h7-8,13-14,17H,4-6,9-12H2,1-3H3. The first-order valence-electron chi connectivity index (χ1n) is 7.97. The molecule has 0 spiro atoms. The normalized spacial score (nSPS) is 14.8. The van der Waals surface area contributed by atoms with Crippen molar-refractivity contribution in [2.24, 2.45) is 11.8 Å². The van der Waals surface area contributed by atoms with Gasteiger partial charge in [0.25, 0.3) is 0 Å². The van der Waals surface area contributed by atoms with Crippen LogP contribution in [0.3, 0.4) is 0 Å². The summed E-state index contributed by atoms with van der Waals surface area (Å²) in [5, 5.41) is 12.2. The summed E-state index contributed by atoms with van der Waals surface area (Å²) in [6.45, 7) is 10.7. The van der Waals surface area contributed by atoms with Gasteiger partial charge < -0.3 is 10.2 Å². The second-order valence-electron chi connectivity index (χ2n) is 6.30. The van der Waals surface area contributed by atoms with Gasteiger partial charge in [0.05, 0.1) is 5.69 Å². The molecule has 112 valence electrons. The van der Waals surface area contributed by atoms with Crippen LogP contribution < -0.4 is 10.2 Å². The summed E-state index contributed by atoms with van der Waals surface area (Å²) < 4.78 is 0. The van der Waals surface area contributed by atoms with Gasteiger partial charge in [-0.2, -0.15) is 5.10 Å². The SMILES string of the molecule is CCCN(CC1CC1)c1ccc(CNCC(C)C)nn1. The van der Waals surface area contributed by atoms with Crippen molar-refractivity contribution in [2.75, 3.05) is 24.5 Å². The van der Waals surface area contributed by atoms with Crippen LogP contribution in [0, 0.1) is 11.8 Å². The number of nitrogens with one attached hydrogen (secondary N) is 1. The second kappa shape index (κ2) is 7.58. The minimum atomic E-state index is 0.667. The molecule has 2 rings (SSSR count). The lowest BCUT2D eigenvalue weighted by Gasteiger charge is -2.22. The summed E-state index contributed by atoms with van der Waals surface area (Å²) in [6, 6.07) is 4.22. The average Bonchev–Trinajstić information content (AvgIpc) is 3.23. The molecule has 0 aliphatic heterocycles. The van der Waals surface area contributed by atoms with Crippen LogP contribution in [0.1, 0.15) is 45.7 Å². The van der Waals surface area contributed by atoms with E-state index in [0.29, 0.717) is 5.92 Å². The van der Waals surface area contributed by atoms with Crippen LogP contribution in [-0.4, -0.2) is 29.8 Å². The summed E-state index contributed by atoms with van der Waals surface area (Å²) >= 11 is 0. The summed E-state index contributed by atoms with van der Waals surface area (Å²) in [5.41, 5.74) is 1.03. The number of rotatable bonds is 9. The molecular formula is C16H28N4. The molecule has 1 aliphatic rings. The predicted octanol–water partition coefficient (Wildman–Crippen LogP) is 2.85. The van der Waals surface area contributed by atoms with Crippen LogP contribution in [0.4, 0.5) is 5.82 Å². The molecule has 0 aromatic carbocycles. The topological polar surface area (TPSA) is 41.0 Å². The second-order valence-corrected chi connectivity index (χ2v) is 6.30. The summed E-state index contributed by atoms with van der Waals surface area (Å²) in [6.07, 6.45) is 3.92. The summed E-state index contributed by atoms with van der Waals surface area (Å²) in [4.78, 5) is 2.38. The molecule has 4 nitrogen and oxygen atoms in total. The minimum Gasteiger partial charge on any atom is -0.355 e. The molecule has 0 bridgehead atoms. The lowest BCUT2D eigenvalue weighted by molar-refractivity contribution is 0.545. The van der Waals surface area contributed by atoms with Gasteiger partial charge in [0, 0.05) is 19.6 Å². The minimum absolute atomic E-state index is 0.667. The van der Waals surface area contributed by atoms with Crippen molar-refractivity contribution in [1.29, 1.82) is 0 Å². The van der Waals surface area contributed by atoms with Crippen LogP contribution in [0.25, 0.3) is 0 Å². The zero-order chi connectivity index (χ0) is 14.4. The Balaban J connectivity index is 1.87. The molecular weight excluding hydrogens is 248 g/mol. The Hall–Kier alpha value is -1.16. The maximum Gasteiger partial charge on any atom is 0.151 e.